The first-order chi connectivity index (χ1) is 8.82. The Morgan fingerprint density at radius 2 is 1.84 bits per heavy atom. The Balaban J connectivity index is 2.10. The van der Waals surface area contributed by atoms with Crippen LogP contribution in [0.25, 0.3) is 0 Å². The predicted octanol–water partition coefficient (Wildman–Crippen LogP) is 1.29. The Hall–Kier alpha value is -0.810. The van der Waals surface area contributed by atoms with E-state index in [9.17, 15) is 4.79 Å². The summed E-state index contributed by atoms with van der Waals surface area (Å²) in [4.78, 5) is 16.7. The molecule has 2 heterocycles. The van der Waals surface area contributed by atoms with Crippen LogP contribution in [0.15, 0.2) is 0 Å². The normalized spacial score (nSPS) is 24.5. The Morgan fingerprint density at radius 1 is 1.21 bits per heavy atom. The van der Waals surface area contributed by atoms with E-state index in [-0.39, 0.29) is 11.6 Å². The number of hydrogen-bond donors (Lipinski definition) is 1. The zero-order valence-corrected chi connectivity index (χ0v) is 12.7. The van der Waals surface area contributed by atoms with Crippen molar-refractivity contribution in [3.8, 4) is 0 Å². The lowest BCUT2D eigenvalue weighted by Crippen LogP contribution is -2.66. The number of nitrogens with zero attached hydrogens (tertiary/aromatic N) is 2. The molecule has 0 atom stereocenters. The molecule has 0 aromatic heterocycles. The van der Waals surface area contributed by atoms with Gasteiger partial charge in [-0.1, -0.05) is 0 Å². The predicted molar refractivity (Wildman–Crippen MR) is 75.3 cm³/mol. The van der Waals surface area contributed by atoms with Gasteiger partial charge >= 0.3 is 6.09 Å². The standard InChI is InChI=1S/C14H27N3O2/c1-13(2,3)19-12(18)17-10-7-15-11-14(17)5-8-16(4)9-6-14/h15H,5-11H2,1-4H3. The minimum atomic E-state index is -0.422. The fraction of sp³-hybridized carbons (Fsp3) is 0.929. The maximum atomic E-state index is 12.4. The van der Waals surface area contributed by atoms with E-state index in [1.807, 2.05) is 25.7 Å². The first-order valence-corrected chi connectivity index (χ1v) is 7.22. The maximum Gasteiger partial charge on any atom is 0.410 e. The van der Waals surface area contributed by atoms with E-state index in [0.29, 0.717) is 0 Å². The molecule has 0 unspecified atom stereocenters. The molecule has 2 aliphatic heterocycles. The summed E-state index contributed by atoms with van der Waals surface area (Å²) in [6.07, 6.45) is 1.89. The zero-order valence-electron chi connectivity index (χ0n) is 12.7. The van der Waals surface area contributed by atoms with Gasteiger partial charge in [-0.3, -0.25) is 4.90 Å². The number of piperazine rings is 1. The maximum absolute atomic E-state index is 12.4. The molecule has 2 fully saturated rings. The average molecular weight is 269 g/mol. The summed E-state index contributed by atoms with van der Waals surface area (Å²) in [6, 6.07) is 0. The van der Waals surface area contributed by atoms with Gasteiger partial charge in [0.25, 0.3) is 0 Å². The smallest absolute Gasteiger partial charge is 0.410 e. The van der Waals surface area contributed by atoms with Gasteiger partial charge in [0.05, 0.1) is 5.54 Å². The molecule has 5 nitrogen and oxygen atoms in total. The molecule has 0 aliphatic carbocycles. The molecule has 0 aromatic rings. The second kappa shape index (κ2) is 5.29. The first-order valence-electron chi connectivity index (χ1n) is 7.22. The van der Waals surface area contributed by atoms with Crippen molar-refractivity contribution in [2.24, 2.45) is 0 Å². The second-order valence-electron chi connectivity index (χ2n) is 6.84. The van der Waals surface area contributed by atoms with Crippen LogP contribution in [0.3, 0.4) is 0 Å². The van der Waals surface area contributed by atoms with Crippen molar-refractivity contribution in [1.29, 1.82) is 0 Å². The van der Waals surface area contributed by atoms with Crippen molar-refractivity contribution in [3.63, 3.8) is 0 Å². The molecule has 0 bridgehead atoms. The van der Waals surface area contributed by atoms with Gasteiger partial charge in [0.1, 0.15) is 5.60 Å². The lowest BCUT2D eigenvalue weighted by Gasteiger charge is -2.50. The minimum Gasteiger partial charge on any atom is -0.444 e. The van der Waals surface area contributed by atoms with E-state index in [2.05, 4.69) is 17.3 Å². The van der Waals surface area contributed by atoms with Crippen molar-refractivity contribution in [2.45, 2.75) is 44.8 Å². The number of rotatable bonds is 0. The fourth-order valence-electron chi connectivity index (χ4n) is 2.93. The molecule has 0 saturated carbocycles. The molecule has 2 rings (SSSR count). The summed E-state index contributed by atoms with van der Waals surface area (Å²) in [6.45, 7) is 10.4. The van der Waals surface area contributed by atoms with Crippen molar-refractivity contribution in [2.75, 3.05) is 39.8 Å². The third-order valence-electron chi connectivity index (χ3n) is 4.07. The van der Waals surface area contributed by atoms with Crippen LogP contribution in [-0.2, 0) is 4.74 Å². The van der Waals surface area contributed by atoms with Crippen LogP contribution in [0.1, 0.15) is 33.6 Å². The third kappa shape index (κ3) is 3.39. The van der Waals surface area contributed by atoms with Crippen molar-refractivity contribution in [1.82, 2.24) is 15.1 Å². The minimum absolute atomic E-state index is 0.0485. The molecule has 0 radical (unpaired) electrons. The van der Waals surface area contributed by atoms with E-state index in [4.69, 9.17) is 4.74 Å². The fourth-order valence-corrected chi connectivity index (χ4v) is 2.93. The highest BCUT2D eigenvalue weighted by molar-refractivity contribution is 5.69. The Bertz CT molecular complexity index is 330. The van der Waals surface area contributed by atoms with Crippen LogP contribution in [0.4, 0.5) is 4.79 Å². The van der Waals surface area contributed by atoms with Crippen LogP contribution >= 0.6 is 0 Å². The molecule has 2 saturated heterocycles. The summed E-state index contributed by atoms with van der Waals surface area (Å²) in [5, 5.41) is 3.44. The number of likely N-dealkylation sites (tertiary alicyclic amines) is 1. The van der Waals surface area contributed by atoms with Crippen LogP contribution in [0, 0.1) is 0 Å². The van der Waals surface area contributed by atoms with Crippen LogP contribution in [0.2, 0.25) is 0 Å². The number of carbonyl (C=O) groups is 1. The lowest BCUT2D eigenvalue weighted by molar-refractivity contribution is -0.0284. The van der Waals surface area contributed by atoms with E-state index in [0.717, 1.165) is 45.6 Å². The van der Waals surface area contributed by atoms with Gasteiger partial charge in [-0.05, 0) is 40.7 Å². The summed E-state index contributed by atoms with van der Waals surface area (Å²) >= 11 is 0. The van der Waals surface area contributed by atoms with E-state index >= 15 is 0 Å². The second-order valence-corrected chi connectivity index (χ2v) is 6.84. The Morgan fingerprint density at radius 3 is 2.42 bits per heavy atom. The molecule has 2 aliphatic rings. The van der Waals surface area contributed by atoms with E-state index < -0.39 is 5.60 Å². The zero-order chi connectivity index (χ0) is 14.1. The van der Waals surface area contributed by atoms with Gasteiger partial charge in [-0.15, -0.1) is 0 Å². The van der Waals surface area contributed by atoms with Crippen LogP contribution in [0.5, 0.6) is 0 Å². The van der Waals surface area contributed by atoms with Gasteiger partial charge in [-0.25, -0.2) is 4.79 Å². The molecule has 1 amide bonds. The topological polar surface area (TPSA) is 44.8 Å². The number of amides is 1. The number of carbonyl (C=O) groups excluding carboxylic acids is 1. The van der Waals surface area contributed by atoms with E-state index in [1.54, 1.807) is 0 Å². The quantitative estimate of drug-likeness (QED) is 0.720. The molecular formula is C14H27N3O2. The first kappa shape index (κ1) is 14.6. The molecule has 110 valence electrons. The van der Waals surface area contributed by atoms with Gasteiger partial charge in [0.15, 0.2) is 0 Å². The third-order valence-corrected chi connectivity index (χ3v) is 4.07. The molecule has 1 N–H and O–H groups in total. The highest BCUT2D eigenvalue weighted by atomic mass is 16.6. The number of ether oxygens (including phenoxy) is 1. The number of hydrogen-bond acceptors (Lipinski definition) is 4. The SMILES string of the molecule is CN1CCC2(CC1)CNCCN2C(=O)OC(C)(C)C. The van der Waals surface area contributed by atoms with Crippen molar-refractivity contribution >= 4 is 6.09 Å². The van der Waals surface area contributed by atoms with Crippen molar-refractivity contribution in [3.05, 3.63) is 0 Å². The number of nitrogens with one attached hydrogen (secondary N) is 1. The van der Waals surface area contributed by atoms with Crippen LogP contribution < -0.4 is 5.32 Å². The summed E-state index contributed by atoms with van der Waals surface area (Å²) in [5.41, 5.74) is -0.471. The highest BCUT2D eigenvalue weighted by Gasteiger charge is 2.44. The van der Waals surface area contributed by atoms with Gasteiger partial charge in [0, 0.05) is 32.7 Å². The largest absolute Gasteiger partial charge is 0.444 e. The van der Waals surface area contributed by atoms with Gasteiger partial charge in [-0.2, -0.15) is 0 Å². The lowest BCUT2D eigenvalue weighted by atomic mass is 9.84. The van der Waals surface area contributed by atoms with E-state index in [1.165, 1.54) is 0 Å². The average Bonchev–Trinajstić information content (AvgIpc) is 2.31. The highest BCUT2D eigenvalue weighted by Crippen LogP contribution is 2.31. The van der Waals surface area contributed by atoms with Gasteiger partial charge in [0.2, 0.25) is 0 Å². The monoisotopic (exact) mass is 269 g/mol. The number of piperidine rings is 1. The summed E-state index contributed by atoms with van der Waals surface area (Å²) < 4.78 is 5.58. The molecule has 5 heteroatoms. The Kier molecular flexibility index (Phi) is 4.06. The van der Waals surface area contributed by atoms with Crippen LogP contribution in [-0.4, -0.2) is 66.8 Å². The molecular weight excluding hydrogens is 242 g/mol. The summed E-state index contributed by atoms with van der Waals surface area (Å²) in [7, 11) is 2.14. The summed E-state index contributed by atoms with van der Waals surface area (Å²) in [5.74, 6) is 0. The molecule has 19 heavy (non-hydrogen) atoms. The van der Waals surface area contributed by atoms with Gasteiger partial charge < -0.3 is 15.0 Å². The molecule has 1 spiro atoms. The van der Waals surface area contributed by atoms with Crippen molar-refractivity contribution < 1.29 is 9.53 Å². The molecule has 0 aromatic carbocycles. The Labute approximate surface area is 116 Å².